The maximum Gasteiger partial charge on any atom is 0.237 e. The Hall–Kier alpha value is -1.91. The fraction of sp³-hybridized carbons (Fsp3) is 0.429. The molecule has 2 amide bonds. The molecule has 5 heteroatoms. The number of benzene rings is 1. The summed E-state index contributed by atoms with van der Waals surface area (Å²) in [5.41, 5.74) is 5.81. The normalized spacial score (nSPS) is 30.0. The second kappa shape index (κ2) is 4.05. The van der Waals surface area contributed by atoms with E-state index in [0.717, 1.165) is 17.7 Å². The first-order valence-electron chi connectivity index (χ1n) is 6.42. The summed E-state index contributed by atoms with van der Waals surface area (Å²) in [6.45, 7) is 2.05. The zero-order valence-electron chi connectivity index (χ0n) is 10.6. The van der Waals surface area contributed by atoms with Crippen LogP contribution in [0.15, 0.2) is 18.2 Å². The molecule has 3 rings (SSSR count). The zero-order valence-corrected chi connectivity index (χ0v) is 10.6. The highest BCUT2D eigenvalue weighted by Gasteiger charge is 2.52. The van der Waals surface area contributed by atoms with E-state index in [1.54, 1.807) is 0 Å². The first-order chi connectivity index (χ1) is 8.99. The van der Waals surface area contributed by atoms with Crippen LogP contribution in [0, 0.1) is 23.6 Å². The minimum absolute atomic E-state index is 0.0523. The predicted octanol–water partition coefficient (Wildman–Crippen LogP) is 1.94. The van der Waals surface area contributed by atoms with E-state index in [0.29, 0.717) is 11.6 Å². The van der Waals surface area contributed by atoms with Gasteiger partial charge in [-0.1, -0.05) is 6.92 Å². The number of fused-ring (bicyclic) bond motifs is 1. The fourth-order valence-corrected chi connectivity index (χ4v) is 3.20. The molecule has 1 aromatic carbocycles. The summed E-state index contributed by atoms with van der Waals surface area (Å²) in [7, 11) is 0. The summed E-state index contributed by atoms with van der Waals surface area (Å²) >= 11 is 0. The Morgan fingerprint density at radius 1 is 1.21 bits per heavy atom. The number of nitrogens with zero attached hydrogens (tertiary/aromatic N) is 1. The molecule has 2 fully saturated rings. The molecule has 1 saturated heterocycles. The molecule has 100 valence electrons. The quantitative estimate of drug-likeness (QED) is 0.621. The average molecular weight is 262 g/mol. The van der Waals surface area contributed by atoms with Gasteiger partial charge in [0.25, 0.3) is 0 Å². The van der Waals surface area contributed by atoms with Gasteiger partial charge in [0.1, 0.15) is 5.82 Å². The second-order valence-corrected chi connectivity index (χ2v) is 5.51. The molecule has 19 heavy (non-hydrogen) atoms. The Kier molecular flexibility index (Phi) is 2.59. The third-order valence-corrected chi connectivity index (χ3v) is 4.11. The van der Waals surface area contributed by atoms with Crippen molar-refractivity contribution in [1.29, 1.82) is 0 Å². The third kappa shape index (κ3) is 1.72. The standard InChI is InChI=1S/C14H15FN2O2/c1-7-4-9-10(5-7)14(19)17(13(9)18)8-2-3-11(15)12(16)6-8/h2-3,6-7,9-10H,4-5,16H2,1H3. The number of halogens is 1. The van der Waals surface area contributed by atoms with Gasteiger partial charge in [-0.15, -0.1) is 0 Å². The van der Waals surface area contributed by atoms with Crippen molar-refractivity contribution in [3.8, 4) is 0 Å². The first kappa shape index (κ1) is 12.1. The van der Waals surface area contributed by atoms with Gasteiger partial charge in [0.15, 0.2) is 0 Å². The minimum Gasteiger partial charge on any atom is -0.396 e. The lowest BCUT2D eigenvalue weighted by atomic mass is 10.00. The van der Waals surface area contributed by atoms with Crippen LogP contribution in [0.3, 0.4) is 0 Å². The lowest BCUT2D eigenvalue weighted by Crippen LogP contribution is -2.32. The van der Waals surface area contributed by atoms with Gasteiger partial charge in [-0.3, -0.25) is 9.59 Å². The highest BCUT2D eigenvalue weighted by Crippen LogP contribution is 2.44. The van der Waals surface area contributed by atoms with Crippen molar-refractivity contribution < 1.29 is 14.0 Å². The van der Waals surface area contributed by atoms with Gasteiger partial charge >= 0.3 is 0 Å². The molecule has 4 nitrogen and oxygen atoms in total. The number of nitrogens with two attached hydrogens (primary N) is 1. The molecule has 0 spiro atoms. The zero-order chi connectivity index (χ0) is 13.7. The Morgan fingerprint density at radius 2 is 1.79 bits per heavy atom. The molecule has 1 aromatic rings. The molecule has 2 atom stereocenters. The predicted molar refractivity (Wildman–Crippen MR) is 68.7 cm³/mol. The Morgan fingerprint density at radius 3 is 2.32 bits per heavy atom. The summed E-state index contributed by atoms with van der Waals surface area (Å²) in [4.78, 5) is 25.8. The van der Waals surface area contributed by atoms with E-state index < -0.39 is 5.82 Å². The van der Waals surface area contributed by atoms with Crippen LogP contribution in [0.25, 0.3) is 0 Å². The smallest absolute Gasteiger partial charge is 0.237 e. The molecule has 0 bridgehead atoms. The van der Waals surface area contributed by atoms with Gasteiger partial charge in [-0.2, -0.15) is 0 Å². The van der Waals surface area contributed by atoms with Gasteiger partial charge in [-0.05, 0) is 37.0 Å². The van der Waals surface area contributed by atoms with Crippen molar-refractivity contribution in [1.82, 2.24) is 0 Å². The summed E-state index contributed by atoms with van der Waals surface area (Å²) in [5.74, 6) is -0.918. The molecule has 2 aliphatic rings. The largest absolute Gasteiger partial charge is 0.396 e. The Balaban J connectivity index is 1.96. The number of nitrogen functional groups attached to an aromatic ring is 1. The lowest BCUT2D eigenvalue weighted by molar-refractivity contribution is -0.123. The maximum absolute atomic E-state index is 13.1. The van der Waals surface area contributed by atoms with Crippen LogP contribution in [0.1, 0.15) is 19.8 Å². The number of amides is 2. The van der Waals surface area contributed by atoms with Gasteiger partial charge in [0.05, 0.1) is 23.2 Å². The van der Waals surface area contributed by atoms with E-state index in [1.807, 2.05) is 0 Å². The van der Waals surface area contributed by atoms with Gasteiger partial charge in [0, 0.05) is 0 Å². The number of imide groups is 1. The SMILES string of the molecule is CC1CC2C(=O)N(c3ccc(F)c(N)c3)C(=O)C2C1. The lowest BCUT2D eigenvalue weighted by Gasteiger charge is -2.17. The van der Waals surface area contributed by atoms with Crippen LogP contribution >= 0.6 is 0 Å². The Labute approximate surface area is 110 Å². The second-order valence-electron chi connectivity index (χ2n) is 5.51. The van der Waals surface area contributed by atoms with E-state index >= 15 is 0 Å². The van der Waals surface area contributed by atoms with Crippen LogP contribution in [0.5, 0.6) is 0 Å². The molecule has 2 unspecified atom stereocenters. The van der Waals surface area contributed by atoms with Crippen LogP contribution < -0.4 is 10.6 Å². The first-order valence-corrected chi connectivity index (χ1v) is 6.42. The van der Waals surface area contributed by atoms with Crippen molar-refractivity contribution in [3.05, 3.63) is 24.0 Å². The highest BCUT2D eigenvalue weighted by atomic mass is 19.1. The van der Waals surface area contributed by atoms with Crippen LogP contribution in [-0.4, -0.2) is 11.8 Å². The van der Waals surface area contributed by atoms with Crippen molar-refractivity contribution in [2.75, 3.05) is 10.6 Å². The number of hydrogen-bond donors (Lipinski definition) is 1. The van der Waals surface area contributed by atoms with Crippen molar-refractivity contribution in [3.63, 3.8) is 0 Å². The third-order valence-electron chi connectivity index (χ3n) is 4.11. The minimum atomic E-state index is -0.545. The molecule has 1 aliphatic carbocycles. The van der Waals surface area contributed by atoms with Gasteiger partial charge < -0.3 is 5.73 Å². The fourth-order valence-electron chi connectivity index (χ4n) is 3.20. The van der Waals surface area contributed by atoms with E-state index in [-0.39, 0.29) is 29.3 Å². The molecular formula is C14H15FN2O2. The average Bonchev–Trinajstić information content (AvgIpc) is 2.84. The monoisotopic (exact) mass is 262 g/mol. The van der Waals surface area contributed by atoms with Gasteiger partial charge in [-0.25, -0.2) is 9.29 Å². The molecule has 1 saturated carbocycles. The number of carbonyl (C=O) groups excluding carboxylic acids is 2. The van der Waals surface area contributed by atoms with Crippen molar-refractivity contribution in [2.45, 2.75) is 19.8 Å². The molecule has 1 aliphatic heterocycles. The number of carbonyl (C=O) groups is 2. The van der Waals surface area contributed by atoms with E-state index in [1.165, 1.54) is 18.2 Å². The molecule has 0 aromatic heterocycles. The van der Waals surface area contributed by atoms with E-state index in [2.05, 4.69) is 6.92 Å². The molecule has 1 heterocycles. The summed E-state index contributed by atoms with van der Waals surface area (Å²) < 4.78 is 13.1. The summed E-state index contributed by atoms with van der Waals surface area (Å²) in [5, 5.41) is 0. The maximum atomic E-state index is 13.1. The number of hydrogen-bond acceptors (Lipinski definition) is 3. The molecular weight excluding hydrogens is 247 g/mol. The summed E-state index contributed by atoms with van der Waals surface area (Å²) in [6, 6.07) is 3.95. The van der Waals surface area contributed by atoms with Crippen molar-refractivity contribution in [2.24, 2.45) is 17.8 Å². The summed E-state index contributed by atoms with van der Waals surface area (Å²) in [6.07, 6.45) is 1.50. The van der Waals surface area contributed by atoms with E-state index in [9.17, 15) is 14.0 Å². The van der Waals surface area contributed by atoms with Crippen LogP contribution in [0.2, 0.25) is 0 Å². The topological polar surface area (TPSA) is 63.4 Å². The Bertz CT molecular complexity index is 549. The van der Waals surface area contributed by atoms with E-state index in [4.69, 9.17) is 5.73 Å². The van der Waals surface area contributed by atoms with Crippen LogP contribution in [0.4, 0.5) is 15.8 Å². The highest BCUT2D eigenvalue weighted by molar-refractivity contribution is 6.22. The number of anilines is 2. The van der Waals surface area contributed by atoms with Gasteiger partial charge in [0.2, 0.25) is 11.8 Å². The molecule has 2 N–H and O–H groups in total. The molecule has 0 radical (unpaired) electrons. The van der Waals surface area contributed by atoms with Crippen molar-refractivity contribution >= 4 is 23.2 Å². The number of rotatable bonds is 1. The van der Waals surface area contributed by atoms with Crippen LogP contribution in [-0.2, 0) is 9.59 Å².